The predicted molar refractivity (Wildman–Crippen MR) is 146 cm³/mol. The molecule has 1 aliphatic carbocycles. The summed E-state index contributed by atoms with van der Waals surface area (Å²) in [6.07, 6.45) is 4.94. The second-order valence-electron chi connectivity index (χ2n) is 9.75. The third-order valence-corrected chi connectivity index (χ3v) is 6.85. The molecule has 9 nitrogen and oxygen atoms in total. The van der Waals surface area contributed by atoms with E-state index in [1.807, 2.05) is 71.4 Å². The van der Waals surface area contributed by atoms with Gasteiger partial charge in [-0.2, -0.15) is 14.6 Å². The number of benzene rings is 2. The minimum Gasteiger partial charge on any atom is -0.439 e. The van der Waals surface area contributed by atoms with Crippen molar-refractivity contribution in [2.45, 2.75) is 25.3 Å². The van der Waals surface area contributed by atoms with E-state index in [4.69, 9.17) is 14.5 Å². The first kappa shape index (κ1) is 24.4. The number of hydrogen-bond donors (Lipinski definition) is 2. The first-order chi connectivity index (χ1) is 18.7. The van der Waals surface area contributed by atoms with Crippen molar-refractivity contribution < 1.29 is 14.3 Å². The zero-order chi connectivity index (χ0) is 25.7. The highest BCUT2D eigenvalue weighted by atomic mass is 16.5. The van der Waals surface area contributed by atoms with Gasteiger partial charge in [0.25, 0.3) is 5.91 Å². The van der Waals surface area contributed by atoms with Crippen LogP contribution >= 0.6 is 0 Å². The molecule has 0 unspecified atom stereocenters. The van der Waals surface area contributed by atoms with Gasteiger partial charge in [0.1, 0.15) is 11.6 Å². The normalized spacial score (nSPS) is 15.9. The van der Waals surface area contributed by atoms with Gasteiger partial charge in [0.05, 0.1) is 19.4 Å². The van der Waals surface area contributed by atoms with Crippen molar-refractivity contribution in [3.63, 3.8) is 0 Å². The van der Waals surface area contributed by atoms with Gasteiger partial charge in [-0.3, -0.25) is 9.69 Å². The molecule has 1 amide bonds. The molecule has 2 aliphatic rings. The molecule has 4 aromatic rings. The maximum atomic E-state index is 12.4. The van der Waals surface area contributed by atoms with E-state index in [9.17, 15) is 4.79 Å². The Balaban J connectivity index is 1.24. The van der Waals surface area contributed by atoms with Gasteiger partial charge in [0, 0.05) is 42.9 Å². The molecule has 1 aliphatic heterocycles. The average Bonchev–Trinajstić information content (AvgIpc) is 3.67. The molecule has 0 bridgehead atoms. The number of hydrogen-bond acceptors (Lipinski definition) is 7. The maximum absolute atomic E-state index is 12.4. The van der Waals surface area contributed by atoms with E-state index in [1.54, 1.807) is 0 Å². The summed E-state index contributed by atoms with van der Waals surface area (Å²) in [4.78, 5) is 19.7. The molecule has 2 aromatic heterocycles. The summed E-state index contributed by atoms with van der Waals surface area (Å²) in [6, 6.07) is 19.4. The van der Waals surface area contributed by atoms with Crippen LogP contribution in [0, 0.1) is 0 Å². The van der Waals surface area contributed by atoms with Crippen LogP contribution in [-0.2, 0) is 4.74 Å². The lowest BCUT2D eigenvalue weighted by atomic mass is 10.1. The van der Waals surface area contributed by atoms with Crippen LogP contribution in [0.2, 0.25) is 0 Å². The van der Waals surface area contributed by atoms with Crippen LogP contribution in [0.3, 0.4) is 0 Å². The van der Waals surface area contributed by atoms with Gasteiger partial charge in [-0.15, -0.1) is 0 Å². The molecule has 0 atom stereocenters. The van der Waals surface area contributed by atoms with E-state index in [1.165, 1.54) is 0 Å². The van der Waals surface area contributed by atoms with Crippen molar-refractivity contribution in [2.75, 3.05) is 44.7 Å². The second-order valence-corrected chi connectivity index (χ2v) is 9.75. The fraction of sp³-hybridized carbons (Fsp3) is 0.345. The second kappa shape index (κ2) is 11.2. The molecule has 2 aromatic carbocycles. The third-order valence-electron chi connectivity index (χ3n) is 6.85. The van der Waals surface area contributed by atoms with Crippen molar-refractivity contribution in [3.8, 4) is 22.8 Å². The third kappa shape index (κ3) is 5.79. The number of nitrogens with one attached hydrogen (secondary N) is 2. The summed E-state index contributed by atoms with van der Waals surface area (Å²) in [5.41, 5.74) is 3.14. The number of amides is 1. The number of fused-ring (bicyclic) bond motifs is 1. The van der Waals surface area contributed by atoms with Crippen LogP contribution < -0.4 is 15.4 Å². The van der Waals surface area contributed by atoms with Crippen LogP contribution in [0.4, 0.5) is 5.82 Å². The van der Waals surface area contributed by atoms with Crippen LogP contribution in [0.1, 0.15) is 29.6 Å². The van der Waals surface area contributed by atoms with Gasteiger partial charge in [-0.05, 0) is 55.6 Å². The Morgan fingerprint density at radius 2 is 1.84 bits per heavy atom. The van der Waals surface area contributed by atoms with Gasteiger partial charge in [0.15, 0.2) is 5.65 Å². The average molecular weight is 513 g/mol. The zero-order valence-corrected chi connectivity index (χ0v) is 21.3. The fourth-order valence-electron chi connectivity index (χ4n) is 4.57. The number of rotatable bonds is 10. The Bertz CT molecular complexity index is 1380. The molecule has 0 radical (unpaired) electrons. The van der Waals surface area contributed by atoms with E-state index < -0.39 is 0 Å². The van der Waals surface area contributed by atoms with Gasteiger partial charge in [-0.25, -0.2) is 0 Å². The monoisotopic (exact) mass is 512 g/mol. The van der Waals surface area contributed by atoms with Crippen molar-refractivity contribution >= 4 is 17.4 Å². The fourth-order valence-corrected chi connectivity index (χ4v) is 4.57. The summed E-state index contributed by atoms with van der Waals surface area (Å²) in [5.74, 6) is 1.99. The predicted octanol–water partition coefficient (Wildman–Crippen LogP) is 4.22. The molecular formula is C29H32N6O3. The molecule has 1 saturated heterocycles. The van der Waals surface area contributed by atoms with E-state index >= 15 is 0 Å². The van der Waals surface area contributed by atoms with Crippen molar-refractivity contribution in [1.82, 2.24) is 24.8 Å². The Morgan fingerprint density at radius 3 is 2.61 bits per heavy atom. The number of carbonyl (C=O) groups excluding carboxylic acids is 1. The topological polar surface area (TPSA) is 93.0 Å². The van der Waals surface area contributed by atoms with Gasteiger partial charge < -0.3 is 20.1 Å². The van der Waals surface area contributed by atoms with Gasteiger partial charge in [0.2, 0.25) is 5.88 Å². The molecule has 3 heterocycles. The standard InChI is InChI=1S/C29H32N6O3/c36-29(32-23-11-12-23)22-9-7-21(8-10-22)25-20-31-35-26(30-13-4-14-34-15-17-37-18-16-34)19-27(33-28(25)35)38-24-5-2-1-3-6-24/h1-3,5-10,19-20,23,30H,4,11-18H2,(H,32,36). The lowest BCUT2D eigenvalue weighted by Crippen LogP contribution is -2.37. The minimum absolute atomic E-state index is 0.0286. The Labute approximate surface area is 221 Å². The summed E-state index contributed by atoms with van der Waals surface area (Å²) in [7, 11) is 0. The first-order valence-corrected chi connectivity index (χ1v) is 13.3. The SMILES string of the molecule is O=C(NC1CC1)c1ccc(-c2cnn3c(NCCCN4CCOCC4)cc(Oc4ccccc4)nc23)cc1. The van der Waals surface area contributed by atoms with E-state index in [0.29, 0.717) is 23.1 Å². The number of anilines is 1. The zero-order valence-electron chi connectivity index (χ0n) is 21.3. The summed E-state index contributed by atoms with van der Waals surface area (Å²) >= 11 is 0. The van der Waals surface area contributed by atoms with Crippen LogP contribution in [0.5, 0.6) is 11.6 Å². The molecule has 2 fully saturated rings. The maximum Gasteiger partial charge on any atom is 0.251 e. The van der Waals surface area contributed by atoms with Crippen LogP contribution in [0.15, 0.2) is 66.9 Å². The molecule has 196 valence electrons. The molecule has 38 heavy (non-hydrogen) atoms. The van der Waals surface area contributed by atoms with E-state index in [-0.39, 0.29) is 5.91 Å². The van der Waals surface area contributed by atoms with Crippen LogP contribution in [0.25, 0.3) is 16.8 Å². The van der Waals surface area contributed by atoms with E-state index in [0.717, 1.165) is 81.3 Å². The van der Waals surface area contributed by atoms with Crippen molar-refractivity contribution in [1.29, 1.82) is 0 Å². The number of ether oxygens (including phenoxy) is 2. The molecule has 6 rings (SSSR count). The molecule has 9 heteroatoms. The first-order valence-electron chi connectivity index (χ1n) is 13.3. The summed E-state index contributed by atoms with van der Waals surface area (Å²) < 4.78 is 13.4. The van der Waals surface area contributed by atoms with Crippen LogP contribution in [-0.4, -0.2) is 70.8 Å². The molecule has 0 spiro atoms. The lowest BCUT2D eigenvalue weighted by Gasteiger charge is -2.26. The summed E-state index contributed by atoms with van der Waals surface area (Å²) in [5, 5.41) is 11.2. The molecule has 1 saturated carbocycles. The van der Waals surface area contributed by atoms with Gasteiger partial charge >= 0.3 is 0 Å². The Morgan fingerprint density at radius 1 is 1.05 bits per heavy atom. The number of aromatic nitrogens is 3. The highest BCUT2D eigenvalue weighted by molar-refractivity contribution is 5.95. The Kier molecular flexibility index (Phi) is 7.19. The number of carbonyl (C=O) groups is 1. The highest BCUT2D eigenvalue weighted by Gasteiger charge is 2.24. The van der Waals surface area contributed by atoms with E-state index in [2.05, 4.69) is 20.6 Å². The number of nitrogens with zero attached hydrogens (tertiary/aromatic N) is 4. The number of morpholine rings is 1. The highest BCUT2D eigenvalue weighted by Crippen LogP contribution is 2.30. The van der Waals surface area contributed by atoms with Crippen molar-refractivity contribution in [3.05, 3.63) is 72.4 Å². The van der Waals surface area contributed by atoms with Gasteiger partial charge in [-0.1, -0.05) is 30.3 Å². The quantitative estimate of drug-likeness (QED) is 0.308. The van der Waals surface area contributed by atoms with Crippen molar-refractivity contribution in [2.24, 2.45) is 0 Å². The smallest absolute Gasteiger partial charge is 0.251 e. The largest absolute Gasteiger partial charge is 0.439 e. The Hall–Kier alpha value is -3.95. The lowest BCUT2D eigenvalue weighted by molar-refractivity contribution is 0.0378. The molecule has 2 N–H and O–H groups in total. The summed E-state index contributed by atoms with van der Waals surface area (Å²) in [6.45, 7) is 5.39. The molecular weight excluding hydrogens is 480 g/mol. The minimum atomic E-state index is -0.0286. The number of para-hydroxylation sites is 1.